The first-order chi connectivity index (χ1) is 11.6. The molecule has 0 amide bonds. The number of benzene rings is 2. The predicted molar refractivity (Wildman–Crippen MR) is 95.0 cm³/mol. The summed E-state index contributed by atoms with van der Waals surface area (Å²) in [6.07, 6.45) is 2.11. The Kier molecular flexibility index (Phi) is 2.93. The number of rotatable bonds is 1. The van der Waals surface area contributed by atoms with Gasteiger partial charge in [0.1, 0.15) is 5.82 Å². The van der Waals surface area contributed by atoms with E-state index in [0.717, 1.165) is 25.9 Å². The van der Waals surface area contributed by atoms with Crippen molar-refractivity contribution in [2.45, 2.75) is 32.4 Å². The largest absolute Gasteiger partial charge is 0.336 e. The van der Waals surface area contributed by atoms with Crippen molar-refractivity contribution in [2.24, 2.45) is 0 Å². The van der Waals surface area contributed by atoms with Gasteiger partial charge < -0.3 is 9.47 Å². The minimum atomic E-state index is -0.161. The van der Waals surface area contributed by atoms with Crippen molar-refractivity contribution >= 4 is 10.9 Å². The summed E-state index contributed by atoms with van der Waals surface area (Å²) in [4.78, 5) is 2.41. The first-order valence-corrected chi connectivity index (χ1v) is 8.71. The maximum atomic E-state index is 13.4. The van der Waals surface area contributed by atoms with Crippen molar-refractivity contribution in [3.8, 4) is 0 Å². The van der Waals surface area contributed by atoms with Gasteiger partial charge in [0, 0.05) is 30.6 Å². The van der Waals surface area contributed by atoms with Gasteiger partial charge in [0.25, 0.3) is 0 Å². The molecule has 0 saturated heterocycles. The summed E-state index contributed by atoms with van der Waals surface area (Å²) in [6, 6.07) is 12.1. The molecule has 2 nitrogen and oxygen atoms in total. The Labute approximate surface area is 141 Å². The molecule has 5 rings (SSSR count). The molecule has 2 aliphatic heterocycles. The number of hydrogen-bond donors (Lipinski definition) is 0. The van der Waals surface area contributed by atoms with Gasteiger partial charge in [-0.05, 0) is 55.3 Å². The fourth-order valence-corrected chi connectivity index (χ4v) is 4.65. The van der Waals surface area contributed by atoms with Crippen LogP contribution in [0, 0.1) is 12.7 Å². The van der Waals surface area contributed by atoms with E-state index in [0.29, 0.717) is 6.04 Å². The van der Waals surface area contributed by atoms with Crippen LogP contribution in [0.4, 0.5) is 4.39 Å². The molecule has 1 atom stereocenters. The van der Waals surface area contributed by atoms with E-state index in [9.17, 15) is 4.39 Å². The minimum absolute atomic E-state index is 0.161. The number of likely N-dealkylation sites (N-methyl/N-ethyl adjacent to an activating group) is 1. The molecule has 3 heteroatoms. The van der Waals surface area contributed by atoms with Gasteiger partial charge in [0.15, 0.2) is 0 Å². The van der Waals surface area contributed by atoms with Crippen LogP contribution < -0.4 is 0 Å². The molecule has 0 saturated carbocycles. The molecule has 0 fully saturated rings. The maximum Gasteiger partial charge on any atom is 0.123 e. The van der Waals surface area contributed by atoms with Crippen LogP contribution in [0.1, 0.15) is 34.0 Å². The second-order valence-corrected chi connectivity index (χ2v) is 7.37. The lowest BCUT2D eigenvalue weighted by molar-refractivity contribution is 0.308. The molecule has 2 aromatic carbocycles. The molecular weight excluding hydrogens is 299 g/mol. The first-order valence-electron chi connectivity index (χ1n) is 8.71. The van der Waals surface area contributed by atoms with Gasteiger partial charge >= 0.3 is 0 Å². The van der Waals surface area contributed by atoms with Crippen molar-refractivity contribution in [2.75, 3.05) is 13.6 Å². The molecule has 122 valence electrons. The molecule has 24 heavy (non-hydrogen) atoms. The second kappa shape index (κ2) is 4.93. The SMILES string of the molecule is Cc1cc2c3c(c1)c1c(n3C(c3ccc(F)cc3)C2)CCN(C)C1. The summed E-state index contributed by atoms with van der Waals surface area (Å²) in [7, 11) is 2.20. The van der Waals surface area contributed by atoms with Gasteiger partial charge in [0.05, 0.1) is 11.6 Å². The van der Waals surface area contributed by atoms with Crippen LogP contribution in [0.2, 0.25) is 0 Å². The van der Waals surface area contributed by atoms with Crippen molar-refractivity contribution in [1.82, 2.24) is 9.47 Å². The van der Waals surface area contributed by atoms with Crippen LogP contribution in [0.25, 0.3) is 10.9 Å². The summed E-state index contributed by atoms with van der Waals surface area (Å²) in [6.45, 7) is 4.32. The average molecular weight is 320 g/mol. The molecule has 0 bridgehead atoms. The third-order valence-electron chi connectivity index (χ3n) is 5.68. The maximum absolute atomic E-state index is 13.4. The van der Waals surface area contributed by atoms with Crippen molar-refractivity contribution in [3.63, 3.8) is 0 Å². The number of halogens is 1. The van der Waals surface area contributed by atoms with Gasteiger partial charge in [-0.2, -0.15) is 0 Å². The Morgan fingerprint density at radius 3 is 2.71 bits per heavy atom. The second-order valence-electron chi connectivity index (χ2n) is 7.37. The van der Waals surface area contributed by atoms with Gasteiger partial charge in [-0.15, -0.1) is 0 Å². The van der Waals surface area contributed by atoms with E-state index in [2.05, 4.69) is 35.6 Å². The zero-order chi connectivity index (χ0) is 16.4. The molecule has 0 radical (unpaired) electrons. The van der Waals surface area contributed by atoms with Crippen LogP contribution in [-0.4, -0.2) is 23.1 Å². The summed E-state index contributed by atoms with van der Waals surface area (Å²) < 4.78 is 15.9. The summed E-state index contributed by atoms with van der Waals surface area (Å²) in [5, 5.41) is 1.43. The first kappa shape index (κ1) is 14.2. The highest BCUT2D eigenvalue weighted by Gasteiger charge is 2.33. The van der Waals surface area contributed by atoms with Gasteiger partial charge in [-0.1, -0.05) is 23.8 Å². The zero-order valence-electron chi connectivity index (χ0n) is 14.1. The van der Waals surface area contributed by atoms with Gasteiger partial charge in [-0.3, -0.25) is 0 Å². The van der Waals surface area contributed by atoms with Crippen LogP contribution in [-0.2, 0) is 19.4 Å². The Hall–Kier alpha value is -2.13. The van der Waals surface area contributed by atoms with Crippen molar-refractivity contribution in [1.29, 1.82) is 0 Å². The lowest BCUT2D eigenvalue weighted by Gasteiger charge is -2.26. The molecular formula is C21H21FN2. The molecule has 2 aliphatic rings. The Morgan fingerprint density at radius 2 is 1.92 bits per heavy atom. The Balaban J connectivity index is 1.77. The minimum Gasteiger partial charge on any atom is -0.336 e. The molecule has 0 N–H and O–H groups in total. The third kappa shape index (κ3) is 1.91. The number of aromatic nitrogens is 1. The van der Waals surface area contributed by atoms with E-state index in [1.165, 1.54) is 38.9 Å². The fraction of sp³-hybridized carbons (Fsp3) is 0.333. The van der Waals surface area contributed by atoms with Gasteiger partial charge in [-0.25, -0.2) is 4.39 Å². The standard InChI is InChI=1S/C21H21FN2/c1-13-9-15-11-20(14-3-5-16(22)6-4-14)24-19-7-8-23(2)12-18(19)17(10-13)21(15)24/h3-6,9-10,20H,7-8,11-12H2,1-2H3. The molecule has 0 aliphatic carbocycles. The van der Waals surface area contributed by atoms with Crippen molar-refractivity contribution < 1.29 is 4.39 Å². The summed E-state index contributed by atoms with van der Waals surface area (Å²) in [5.41, 5.74) is 8.39. The molecule has 0 spiro atoms. The van der Waals surface area contributed by atoms with E-state index < -0.39 is 0 Å². The van der Waals surface area contributed by atoms with Crippen molar-refractivity contribution in [3.05, 3.63) is 70.2 Å². The number of hydrogen-bond acceptors (Lipinski definition) is 1. The van der Waals surface area contributed by atoms with E-state index in [1.807, 2.05) is 12.1 Å². The molecule has 1 unspecified atom stereocenters. The topological polar surface area (TPSA) is 8.17 Å². The van der Waals surface area contributed by atoms with E-state index in [4.69, 9.17) is 0 Å². The van der Waals surface area contributed by atoms with Crippen LogP contribution in [0.3, 0.4) is 0 Å². The van der Waals surface area contributed by atoms with Crippen LogP contribution in [0.5, 0.6) is 0 Å². The molecule has 3 aromatic rings. The van der Waals surface area contributed by atoms with E-state index >= 15 is 0 Å². The molecule has 3 heterocycles. The lowest BCUT2D eigenvalue weighted by atomic mass is 9.96. The lowest BCUT2D eigenvalue weighted by Crippen LogP contribution is -2.28. The summed E-state index contributed by atoms with van der Waals surface area (Å²) in [5.74, 6) is -0.161. The average Bonchev–Trinajstić information content (AvgIpc) is 3.08. The van der Waals surface area contributed by atoms with Crippen LogP contribution in [0.15, 0.2) is 36.4 Å². The normalized spacial score (nSPS) is 19.9. The van der Waals surface area contributed by atoms with Crippen LogP contribution >= 0.6 is 0 Å². The van der Waals surface area contributed by atoms with E-state index in [1.54, 1.807) is 12.1 Å². The predicted octanol–water partition coefficient (Wildman–Crippen LogP) is 4.22. The Morgan fingerprint density at radius 1 is 1.12 bits per heavy atom. The molecule has 1 aromatic heterocycles. The highest BCUT2D eigenvalue weighted by atomic mass is 19.1. The number of fused-ring (bicyclic) bond motifs is 3. The number of aryl methyl sites for hydroxylation is 1. The van der Waals surface area contributed by atoms with Gasteiger partial charge in [0.2, 0.25) is 0 Å². The smallest absolute Gasteiger partial charge is 0.123 e. The monoisotopic (exact) mass is 320 g/mol. The Bertz CT molecular complexity index is 952. The third-order valence-corrected chi connectivity index (χ3v) is 5.68. The summed E-state index contributed by atoms with van der Waals surface area (Å²) >= 11 is 0. The van der Waals surface area contributed by atoms with E-state index in [-0.39, 0.29) is 5.82 Å². The highest BCUT2D eigenvalue weighted by molar-refractivity contribution is 5.91. The zero-order valence-corrected chi connectivity index (χ0v) is 14.1. The highest BCUT2D eigenvalue weighted by Crippen LogP contribution is 2.43. The quantitative estimate of drug-likeness (QED) is 0.652. The number of nitrogens with zero attached hydrogens (tertiary/aromatic N) is 2. The fourth-order valence-electron chi connectivity index (χ4n) is 4.65.